The molecule has 1 saturated carbocycles. The molecule has 0 aliphatic heterocycles. The lowest BCUT2D eigenvalue weighted by molar-refractivity contribution is 0.0945. The van der Waals surface area contributed by atoms with Gasteiger partial charge in [-0.1, -0.05) is 0 Å². The lowest BCUT2D eigenvalue weighted by Gasteiger charge is -2.05. The molecule has 0 saturated heterocycles. The quantitative estimate of drug-likeness (QED) is 0.700. The average Bonchev–Trinajstić information content (AvgIpc) is 3.14. The van der Waals surface area contributed by atoms with E-state index >= 15 is 0 Å². The molecule has 6 heteroatoms. The number of carbonyl (C=O) groups is 1. The molecule has 1 aliphatic rings. The molecular formula is C11H16N4O2. The second-order valence-corrected chi connectivity index (χ2v) is 3.95. The maximum Gasteiger partial charge on any atom is 0.271 e. The van der Waals surface area contributed by atoms with Crippen LogP contribution in [-0.2, 0) is 4.74 Å². The molecule has 0 spiro atoms. The predicted molar refractivity (Wildman–Crippen MR) is 62.9 cm³/mol. The highest BCUT2D eigenvalue weighted by atomic mass is 16.5. The van der Waals surface area contributed by atoms with Gasteiger partial charge in [0.25, 0.3) is 5.91 Å². The fraction of sp³-hybridized carbons (Fsp3) is 0.545. The van der Waals surface area contributed by atoms with Gasteiger partial charge < -0.3 is 15.4 Å². The van der Waals surface area contributed by atoms with Crippen molar-refractivity contribution in [3.8, 4) is 0 Å². The fourth-order valence-electron chi connectivity index (χ4n) is 1.30. The van der Waals surface area contributed by atoms with Crippen LogP contribution in [0.4, 0.5) is 5.82 Å². The number of ether oxygens (including phenoxy) is 1. The zero-order valence-electron chi connectivity index (χ0n) is 9.77. The summed E-state index contributed by atoms with van der Waals surface area (Å²) in [4.78, 5) is 19.8. The van der Waals surface area contributed by atoms with E-state index in [0.29, 0.717) is 30.7 Å². The highest BCUT2D eigenvalue weighted by molar-refractivity contribution is 5.92. The first-order valence-corrected chi connectivity index (χ1v) is 5.65. The SMILES string of the molecule is COCCNc1cnc(C(=O)NC2CC2)cn1. The molecule has 6 nitrogen and oxygen atoms in total. The van der Waals surface area contributed by atoms with Gasteiger partial charge in [0.05, 0.1) is 19.0 Å². The number of carbonyl (C=O) groups excluding carboxylic acids is 1. The van der Waals surface area contributed by atoms with Crippen molar-refractivity contribution in [2.75, 3.05) is 25.6 Å². The third kappa shape index (κ3) is 3.67. The summed E-state index contributed by atoms with van der Waals surface area (Å²) >= 11 is 0. The van der Waals surface area contributed by atoms with Crippen LogP contribution in [0.25, 0.3) is 0 Å². The molecule has 92 valence electrons. The summed E-state index contributed by atoms with van der Waals surface area (Å²) in [6.45, 7) is 1.27. The van der Waals surface area contributed by atoms with Gasteiger partial charge in [-0.25, -0.2) is 9.97 Å². The van der Waals surface area contributed by atoms with E-state index in [4.69, 9.17) is 4.74 Å². The van der Waals surface area contributed by atoms with E-state index in [1.165, 1.54) is 6.20 Å². The highest BCUT2D eigenvalue weighted by Gasteiger charge is 2.24. The van der Waals surface area contributed by atoms with E-state index in [1.54, 1.807) is 13.3 Å². The van der Waals surface area contributed by atoms with Gasteiger partial charge in [-0.2, -0.15) is 0 Å². The zero-order chi connectivity index (χ0) is 12.1. The maximum atomic E-state index is 11.6. The van der Waals surface area contributed by atoms with E-state index in [1.807, 2.05) is 0 Å². The normalized spacial score (nSPS) is 14.4. The van der Waals surface area contributed by atoms with Crippen molar-refractivity contribution in [2.24, 2.45) is 0 Å². The van der Waals surface area contributed by atoms with Crippen LogP contribution in [-0.4, -0.2) is 42.2 Å². The van der Waals surface area contributed by atoms with Crippen molar-refractivity contribution in [1.29, 1.82) is 0 Å². The molecular weight excluding hydrogens is 220 g/mol. The van der Waals surface area contributed by atoms with Crippen LogP contribution >= 0.6 is 0 Å². The van der Waals surface area contributed by atoms with Gasteiger partial charge in [0, 0.05) is 19.7 Å². The van der Waals surface area contributed by atoms with Crippen LogP contribution in [0, 0.1) is 0 Å². The number of anilines is 1. The van der Waals surface area contributed by atoms with Gasteiger partial charge in [-0.15, -0.1) is 0 Å². The molecule has 0 aromatic carbocycles. The highest BCUT2D eigenvalue weighted by Crippen LogP contribution is 2.18. The summed E-state index contributed by atoms with van der Waals surface area (Å²) in [5, 5.41) is 5.89. The number of methoxy groups -OCH3 is 1. The Balaban J connectivity index is 1.85. The molecule has 0 bridgehead atoms. The number of nitrogens with zero attached hydrogens (tertiary/aromatic N) is 2. The second kappa shape index (κ2) is 5.58. The summed E-state index contributed by atoms with van der Waals surface area (Å²) in [5.74, 6) is 0.494. The largest absolute Gasteiger partial charge is 0.383 e. The number of hydrogen-bond donors (Lipinski definition) is 2. The lowest BCUT2D eigenvalue weighted by atomic mass is 10.4. The number of amides is 1. The summed E-state index contributed by atoms with van der Waals surface area (Å²) in [5.41, 5.74) is 0.356. The van der Waals surface area contributed by atoms with Crippen molar-refractivity contribution >= 4 is 11.7 Å². The molecule has 1 aromatic rings. The topological polar surface area (TPSA) is 76.1 Å². The zero-order valence-corrected chi connectivity index (χ0v) is 9.77. The van der Waals surface area contributed by atoms with E-state index in [2.05, 4.69) is 20.6 Å². The van der Waals surface area contributed by atoms with Crippen LogP contribution in [0.1, 0.15) is 23.3 Å². The Morgan fingerprint density at radius 3 is 2.88 bits per heavy atom. The van der Waals surface area contributed by atoms with E-state index < -0.39 is 0 Å². The van der Waals surface area contributed by atoms with Crippen LogP contribution in [0.15, 0.2) is 12.4 Å². The smallest absolute Gasteiger partial charge is 0.271 e. The molecule has 2 N–H and O–H groups in total. The minimum absolute atomic E-state index is 0.150. The van der Waals surface area contributed by atoms with E-state index in [0.717, 1.165) is 12.8 Å². The van der Waals surface area contributed by atoms with Gasteiger partial charge in [0.1, 0.15) is 11.5 Å². The standard InChI is InChI=1S/C11H16N4O2/c1-17-5-4-12-10-7-13-9(6-14-10)11(16)15-8-2-3-8/h6-8H,2-5H2,1H3,(H,12,14)(H,15,16). The van der Waals surface area contributed by atoms with E-state index in [-0.39, 0.29) is 5.91 Å². The number of hydrogen-bond acceptors (Lipinski definition) is 5. The van der Waals surface area contributed by atoms with Gasteiger partial charge >= 0.3 is 0 Å². The van der Waals surface area contributed by atoms with Crippen molar-refractivity contribution in [3.63, 3.8) is 0 Å². The van der Waals surface area contributed by atoms with Crippen LogP contribution in [0.3, 0.4) is 0 Å². The van der Waals surface area contributed by atoms with Gasteiger partial charge in [0.2, 0.25) is 0 Å². The first-order chi connectivity index (χ1) is 8.29. The number of aromatic nitrogens is 2. The minimum atomic E-state index is -0.150. The maximum absolute atomic E-state index is 11.6. The first kappa shape index (κ1) is 11.8. The monoisotopic (exact) mass is 236 g/mol. The Bertz CT molecular complexity index is 376. The molecule has 1 aliphatic carbocycles. The average molecular weight is 236 g/mol. The molecule has 0 unspecified atom stereocenters. The third-order valence-corrected chi connectivity index (χ3v) is 2.41. The Hall–Kier alpha value is -1.69. The van der Waals surface area contributed by atoms with Crippen LogP contribution < -0.4 is 10.6 Å². The number of nitrogens with one attached hydrogen (secondary N) is 2. The van der Waals surface area contributed by atoms with Crippen molar-refractivity contribution < 1.29 is 9.53 Å². The molecule has 1 aromatic heterocycles. The van der Waals surface area contributed by atoms with E-state index in [9.17, 15) is 4.79 Å². The Morgan fingerprint density at radius 1 is 1.47 bits per heavy atom. The Labute approximate surface area is 99.8 Å². The molecule has 1 fully saturated rings. The third-order valence-electron chi connectivity index (χ3n) is 2.41. The molecule has 1 amide bonds. The van der Waals surface area contributed by atoms with Crippen LogP contribution in [0.2, 0.25) is 0 Å². The van der Waals surface area contributed by atoms with Crippen molar-refractivity contribution in [2.45, 2.75) is 18.9 Å². The summed E-state index contributed by atoms with van der Waals surface area (Å²) < 4.78 is 4.90. The molecule has 0 atom stereocenters. The molecule has 2 rings (SSSR count). The molecule has 1 heterocycles. The predicted octanol–water partition coefficient (Wildman–Crippen LogP) is 0.427. The van der Waals surface area contributed by atoms with Crippen molar-refractivity contribution in [1.82, 2.24) is 15.3 Å². The fourth-order valence-corrected chi connectivity index (χ4v) is 1.30. The minimum Gasteiger partial charge on any atom is -0.383 e. The van der Waals surface area contributed by atoms with Crippen molar-refractivity contribution in [3.05, 3.63) is 18.1 Å². The summed E-state index contributed by atoms with van der Waals surface area (Å²) in [7, 11) is 1.64. The van der Waals surface area contributed by atoms with Gasteiger partial charge in [0.15, 0.2) is 0 Å². The summed E-state index contributed by atoms with van der Waals surface area (Å²) in [6.07, 6.45) is 5.16. The van der Waals surface area contributed by atoms with Gasteiger partial charge in [-0.05, 0) is 12.8 Å². The first-order valence-electron chi connectivity index (χ1n) is 5.65. The molecule has 17 heavy (non-hydrogen) atoms. The van der Waals surface area contributed by atoms with Gasteiger partial charge in [-0.3, -0.25) is 4.79 Å². The molecule has 0 radical (unpaired) electrons. The van der Waals surface area contributed by atoms with Crippen LogP contribution in [0.5, 0.6) is 0 Å². The number of rotatable bonds is 6. The summed E-state index contributed by atoms with van der Waals surface area (Å²) in [6, 6.07) is 0.337. The second-order valence-electron chi connectivity index (χ2n) is 3.95. The Kier molecular flexibility index (Phi) is 3.87. The Morgan fingerprint density at radius 2 is 2.29 bits per heavy atom. The lowest BCUT2D eigenvalue weighted by Crippen LogP contribution is -2.26.